The summed E-state index contributed by atoms with van der Waals surface area (Å²) in [5, 5.41) is 0.00336. The van der Waals surface area contributed by atoms with Gasteiger partial charge in [0.15, 0.2) is 0 Å². The number of aromatic nitrogens is 1. The molecule has 0 N–H and O–H groups in total. The molecule has 1 fully saturated rings. The van der Waals surface area contributed by atoms with Crippen molar-refractivity contribution in [3.63, 3.8) is 0 Å². The van der Waals surface area contributed by atoms with Crippen molar-refractivity contribution in [3.8, 4) is 11.5 Å². The second-order valence-electron chi connectivity index (χ2n) is 7.54. The first-order chi connectivity index (χ1) is 14.5. The van der Waals surface area contributed by atoms with Gasteiger partial charge in [0, 0.05) is 23.1 Å². The fourth-order valence-electron chi connectivity index (χ4n) is 3.71. The van der Waals surface area contributed by atoms with Crippen molar-refractivity contribution in [3.05, 3.63) is 58.6 Å². The molecule has 3 aromatic rings. The highest BCUT2D eigenvalue weighted by Crippen LogP contribution is 2.36. The van der Waals surface area contributed by atoms with Crippen LogP contribution in [0.25, 0.3) is 11.5 Å². The average molecular weight is 489 g/mol. The number of sulfone groups is 1. The first-order valence-corrected chi connectivity index (χ1v) is 12.6. The number of nitrogens with zero attached hydrogens (tertiary/aromatic N) is 2. The van der Waals surface area contributed by atoms with Crippen LogP contribution in [0.1, 0.15) is 38.2 Å². The number of rotatable bonds is 5. The minimum absolute atomic E-state index is 0.00336. The highest BCUT2D eigenvalue weighted by Gasteiger charge is 2.31. The summed E-state index contributed by atoms with van der Waals surface area (Å²) >= 11 is 3.46. The van der Waals surface area contributed by atoms with Crippen LogP contribution in [-0.4, -0.2) is 26.5 Å². The van der Waals surface area contributed by atoms with Crippen LogP contribution in [0.4, 0.5) is 5.88 Å². The monoisotopic (exact) mass is 488 g/mol. The van der Waals surface area contributed by atoms with Gasteiger partial charge in [-0.25, -0.2) is 8.42 Å². The Labute approximate surface area is 186 Å². The number of anilines is 1. The number of oxazole rings is 1. The summed E-state index contributed by atoms with van der Waals surface area (Å²) in [4.78, 5) is 6.78. The van der Waals surface area contributed by atoms with E-state index < -0.39 is 9.84 Å². The molecule has 1 aliphatic heterocycles. The minimum Gasteiger partial charge on any atom is -0.419 e. The van der Waals surface area contributed by atoms with E-state index in [4.69, 9.17) is 4.42 Å². The van der Waals surface area contributed by atoms with Crippen molar-refractivity contribution < 1.29 is 12.8 Å². The third-order valence-electron chi connectivity index (χ3n) is 5.44. The molecule has 30 heavy (non-hydrogen) atoms. The van der Waals surface area contributed by atoms with E-state index in [9.17, 15) is 8.42 Å². The van der Waals surface area contributed by atoms with Crippen LogP contribution in [0.2, 0.25) is 0 Å². The Morgan fingerprint density at radius 1 is 1.03 bits per heavy atom. The Bertz CT molecular complexity index is 1120. The van der Waals surface area contributed by atoms with Crippen LogP contribution in [0.3, 0.4) is 0 Å². The van der Waals surface area contributed by atoms with Gasteiger partial charge in [-0.2, -0.15) is 4.98 Å². The van der Waals surface area contributed by atoms with Gasteiger partial charge < -0.3 is 9.32 Å². The maximum Gasteiger partial charge on any atom is 0.236 e. The van der Waals surface area contributed by atoms with Crippen molar-refractivity contribution in [2.24, 2.45) is 0 Å². The number of benzene rings is 2. The molecule has 4 rings (SSSR count). The Kier molecular flexibility index (Phi) is 6.29. The zero-order chi connectivity index (χ0) is 21.1. The third kappa shape index (κ3) is 4.32. The van der Waals surface area contributed by atoms with Crippen LogP contribution in [-0.2, 0) is 16.3 Å². The highest BCUT2D eigenvalue weighted by atomic mass is 79.9. The molecule has 1 saturated heterocycles. The molecule has 0 amide bonds. The maximum atomic E-state index is 13.5. The number of halogens is 1. The zero-order valence-corrected chi connectivity index (χ0v) is 19.4. The zero-order valence-electron chi connectivity index (χ0n) is 17.0. The van der Waals surface area contributed by atoms with Crippen molar-refractivity contribution in [1.82, 2.24) is 4.98 Å². The molecular formula is C23H25BrN2O3S. The predicted octanol–water partition coefficient (Wildman–Crippen LogP) is 5.88. The lowest BCUT2D eigenvalue weighted by Crippen LogP contribution is -2.25. The molecule has 5 nitrogen and oxygen atoms in total. The normalized spacial score (nSPS) is 15.2. The quantitative estimate of drug-likeness (QED) is 0.448. The van der Waals surface area contributed by atoms with Gasteiger partial charge >= 0.3 is 0 Å². The van der Waals surface area contributed by atoms with Crippen LogP contribution >= 0.6 is 15.9 Å². The molecule has 1 aliphatic rings. The second kappa shape index (κ2) is 8.94. The number of hydrogen-bond donors (Lipinski definition) is 0. The molecule has 0 radical (unpaired) electrons. The van der Waals surface area contributed by atoms with Crippen LogP contribution < -0.4 is 4.90 Å². The largest absolute Gasteiger partial charge is 0.419 e. The summed E-state index contributed by atoms with van der Waals surface area (Å²) in [5.74, 6) is 0.672. The molecule has 0 aliphatic carbocycles. The van der Waals surface area contributed by atoms with E-state index >= 15 is 0 Å². The second-order valence-corrected chi connectivity index (χ2v) is 10.3. The van der Waals surface area contributed by atoms with Crippen LogP contribution in [0.15, 0.2) is 67.3 Å². The van der Waals surface area contributed by atoms with Gasteiger partial charge in [-0.3, -0.25) is 0 Å². The fourth-order valence-corrected chi connectivity index (χ4v) is 5.43. The summed E-state index contributed by atoms with van der Waals surface area (Å²) < 4.78 is 34.1. The Morgan fingerprint density at radius 3 is 2.37 bits per heavy atom. The summed E-state index contributed by atoms with van der Waals surface area (Å²) in [6.45, 7) is 3.58. The molecule has 2 heterocycles. The first-order valence-electron chi connectivity index (χ1n) is 10.3. The van der Waals surface area contributed by atoms with Gasteiger partial charge in [0.05, 0.1) is 4.90 Å². The molecular weight excluding hydrogens is 464 g/mol. The predicted molar refractivity (Wildman–Crippen MR) is 122 cm³/mol. The fraction of sp³-hybridized carbons (Fsp3) is 0.348. The molecule has 0 atom stereocenters. The first kappa shape index (κ1) is 21.1. The average Bonchev–Trinajstić information content (AvgIpc) is 3.04. The SMILES string of the molecule is CCc1ccc(S(=O)(=O)c2nc(-c3cccc(Br)c3)oc2N2CCCCCC2)cc1. The third-order valence-corrected chi connectivity index (χ3v) is 7.60. The topological polar surface area (TPSA) is 63.4 Å². The molecule has 7 heteroatoms. The van der Waals surface area contributed by atoms with E-state index in [0.29, 0.717) is 11.8 Å². The molecule has 1 aromatic heterocycles. The minimum atomic E-state index is -3.81. The van der Waals surface area contributed by atoms with E-state index in [1.165, 1.54) is 0 Å². The van der Waals surface area contributed by atoms with E-state index in [1.807, 2.05) is 48.2 Å². The Balaban J connectivity index is 1.83. The van der Waals surface area contributed by atoms with Crippen molar-refractivity contribution >= 4 is 31.7 Å². The highest BCUT2D eigenvalue weighted by molar-refractivity contribution is 9.10. The van der Waals surface area contributed by atoms with Gasteiger partial charge in [-0.05, 0) is 55.2 Å². The molecule has 2 aromatic carbocycles. The number of hydrogen-bond acceptors (Lipinski definition) is 5. The van der Waals surface area contributed by atoms with Crippen molar-refractivity contribution in [2.75, 3.05) is 18.0 Å². The van der Waals surface area contributed by atoms with Crippen molar-refractivity contribution in [1.29, 1.82) is 0 Å². The van der Waals surface area contributed by atoms with E-state index in [1.54, 1.807) is 12.1 Å². The van der Waals surface area contributed by atoms with Crippen LogP contribution in [0, 0.1) is 0 Å². The van der Waals surface area contributed by atoms with E-state index in [-0.39, 0.29) is 9.92 Å². The molecule has 158 valence electrons. The standard InChI is InChI=1S/C23H25BrN2O3S/c1-2-17-10-12-20(13-11-17)30(27,28)22-23(26-14-5-3-4-6-15-26)29-21(25-22)18-8-7-9-19(24)16-18/h7-13,16H,2-6,14-15H2,1H3. The smallest absolute Gasteiger partial charge is 0.236 e. The molecule has 0 spiro atoms. The Morgan fingerprint density at radius 2 is 1.73 bits per heavy atom. The summed E-state index contributed by atoms with van der Waals surface area (Å²) in [5.41, 5.74) is 1.83. The summed E-state index contributed by atoms with van der Waals surface area (Å²) in [6, 6.07) is 14.6. The lowest BCUT2D eigenvalue weighted by Gasteiger charge is -2.20. The van der Waals surface area contributed by atoms with Gasteiger partial charge in [-0.1, -0.05) is 53.9 Å². The maximum absolute atomic E-state index is 13.5. The molecule has 0 bridgehead atoms. The van der Waals surface area contributed by atoms with Gasteiger partial charge in [-0.15, -0.1) is 0 Å². The lowest BCUT2D eigenvalue weighted by atomic mass is 10.2. The number of aryl methyl sites for hydroxylation is 1. The van der Waals surface area contributed by atoms with Crippen LogP contribution in [0.5, 0.6) is 0 Å². The van der Waals surface area contributed by atoms with Gasteiger partial charge in [0.1, 0.15) is 0 Å². The van der Waals surface area contributed by atoms with E-state index in [0.717, 1.165) is 60.8 Å². The van der Waals surface area contributed by atoms with Gasteiger partial charge in [0.2, 0.25) is 26.6 Å². The molecule has 0 unspecified atom stereocenters. The van der Waals surface area contributed by atoms with Crippen molar-refractivity contribution in [2.45, 2.75) is 48.9 Å². The lowest BCUT2D eigenvalue weighted by molar-refractivity contribution is 0.543. The Hall–Kier alpha value is -2.12. The summed E-state index contributed by atoms with van der Waals surface area (Å²) in [6.07, 6.45) is 5.17. The van der Waals surface area contributed by atoms with E-state index in [2.05, 4.69) is 20.9 Å². The summed E-state index contributed by atoms with van der Waals surface area (Å²) in [7, 11) is -3.81. The molecule has 0 saturated carbocycles. The van der Waals surface area contributed by atoms with Gasteiger partial charge in [0.25, 0.3) is 0 Å².